The van der Waals surface area contributed by atoms with Crippen LogP contribution < -0.4 is 11.1 Å². The first-order valence-corrected chi connectivity index (χ1v) is 8.18. The van der Waals surface area contributed by atoms with Crippen molar-refractivity contribution in [2.24, 2.45) is 5.73 Å². The van der Waals surface area contributed by atoms with Crippen molar-refractivity contribution in [3.05, 3.63) is 35.4 Å². The number of Topliss-reactive ketones (excluding diaryl/α,β-unsaturated/α-hetero) is 1. The molecule has 0 fully saturated rings. The van der Waals surface area contributed by atoms with Gasteiger partial charge in [-0.25, -0.2) is 0 Å². The van der Waals surface area contributed by atoms with Crippen LogP contribution in [0.1, 0.15) is 61.9 Å². The number of aryl methyl sites for hydroxylation is 1. The van der Waals surface area contributed by atoms with E-state index in [0.29, 0.717) is 12.1 Å². The average Bonchev–Trinajstić information content (AvgIpc) is 2.53. The summed E-state index contributed by atoms with van der Waals surface area (Å²) in [4.78, 5) is 23.7. The van der Waals surface area contributed by atoms with Gasteiger partial charge < -0.3 is 11.1 Å². The van der Waals surface area contributed by atoms with Crippen LogP contribution in [-0.2, 0) is 11.2 Å². The van der Waals surface area contributed by atoms with Crippen molar-refractivity contribution in [3.63, 3.8) is 0 Å². The summed E-state index contributed by atoms with van der Waals surface area (Å²) in [6, 6.07) is 7.71. The molecule has 0 aromatic heterocycles. The van der Waals surface area contributed by atoms with Crippen LogP contribution in [0.25, 0.3) is 0 Å². The smallest absolute Gasteiger partial charge is 0.220 e. The lowest BCUT2D eigenvalue weighted by molar-refractivity contribution is -0.121. The lowest BCUT2D eigenvalue weighted by atomic mass is 10.0. The molecule has 0 aliphatic rings. The first kappa shape index (κ1) is 18.4. The molecule has 4 nitrogen and oxygen atoms in total. The third-order valence-corrected chi connectivity index (χ3v) is 3.68. The number of benzene rings is 1. The van der Waals surface area contributed by atoms with Crippen molar-refractivity contribution < 1.29 is 9.59 Å². The zero-order valence-electron chi connectivity index (χ0n) is 13.7. The summed E-state index contributed by atoms with van der Waals surface area (Å²) in [5, 5.41) is 2.76. The van der Waals surface area contributed by atoms with Crippen LogP contribution in [0, 0.1) is 0 Å². The van der Waals surface area contributed by atoms with Crippen LogP contribution in [0.2, 0.25) is 0 Å². The standard InChI is InChI=1S/C18H28N2O2/c1-3-4-5-6-15-7-9-16(10-8-15)17(21)11-12-18(22)20-14(2)13-19/h7-10,14H,3-6,11-13,19H2,1-2H3,(H,20,22)/t14-/m0/s1. The molecule has 1 atom stereocenters. The minimum atomic E-state index is -0.123. The number of hydrogen-bond donors (Lipinski definition) is 2. The lowest BCUT2D eigenvalue weighted by Crippen LogP contribution is -2.37. The highest BCUT2D eigenvalue weighted by Gasteiger charge is 2.10. The van der Waals surface area contributed by atoms with Gasteiger partial charge in [0.2, 0.25) is 5.91 Å². The predicted octanol–water partition coefficient (Wildman–Crippen LogP) is 2.85. The molecule has 4 heteroatoms. The van der Waals surface area contributed by atoms with Gasteiger partial charge in [-0.05, 0) is 25.3 Å². The molecule has 122 valence electrons. The number of ketones is 1. The van der Waals surface area contributed by atoms with Gasteiger partial charge in [0, 0.05) is 31.0 Å². The molecule has 0 radical (unpaired) electrons. The Morgan fingerprint density at radius 1 is 1.14 bits per heavy atom. The van der Waals surface area contributed by atoms with E-state index < -0.39 is 0 Å². The summed E-state index contributed by atoms with van der Waals surface area (Å²) in [6.45, 7) is 4.43. The Hall–Kier alpha value is -1.68. The molecule has 22 heavy (non-hydrogen) atoms. The zero-order valence-corrected chi connectivity index (χ0v) is 13.7. The van der Waals surface area contributed by atoms with Crippen molar-refractivity contribution in [2.45, 2.75) is 58.4 Å². The van der Waals surface area contributed by atoms with Gasteiger partial charge >= 0.3 is 0 Å². The van der Waals surface area contributed by atoms with E-state index in [0.717, 1.165) is 6.42 Å². The molecule has 0 spiro atoms. The van der Waals surface area contributed by atoms with Crippen LogP contribution in [0.15, 0.2) is 24.3 Å². The van der Waals surface area contributed by atoms with E-state index in [1.165, 1.54) is 24.8 Å². The quantitative estimate of drug-likeness (QED) is 0.516. The van der Waals surface area contributed by atoms with Gasteiger partial charge in [-0.3, -0.25) is 9.59 Å². The molecule has 0 unspecified atom stereocenters. The van der Waals surface area contributed by atoms with Crippen molar-refractivity contribution in [3.8, 4) is 0 Å². The zero-order chi connectivity index (χ0) is 16.4. The average molecular weight is 304 g/mol. The highest BCUT2D eigenvalue weighted by Crippen LogP contribution is 2.11. The fourth-order valence-electron chi connectivity index (χ4n) is 2.21. The van der Waals surface area contributed by atoms with E-state index in [1.54, 1.807) is 0 Å². The predicted molar refractivity (Wildman–Crippen MR) is 89.9 cm³/mol. The van der Waals surface area contributed by atoms with Gasteiger partial charge in [0.15, 0.2) is 5.78 Å². The first-order chi connectivity index (χ1) is 10.6. The second kappa shape index (κ2) is 10.1. The molecule has 1 aromatic rings. The Labute approximate surface area is 133 Å². The van der Waals surface area contributed by atoms with Crippen molar-refractivity contribution in [2.75, 3.05) is 6.54 Å². The Morgan fingerprint density at radius 3 is 2.41 bits per heavy atom. The van der Waals surface area contributed by atoms with Crippen LogP contribution in [0.5, 0.6) is 0 Å². The number of nitrogens with one attached hydrogen (secondary N) is 1. The maximum Gasteiger partial charge on any atom is 0.220 e. The Morgan fingerprint density at radius 2 is 1.82 bits per heavy atom. The van der Waals surface area contributed by atoms with Gasteiger partial charge in [-0.2, -0.15) is 0 Å². The molecule has 1 aromatic carbocycles. The van der Waals surface area contributed by atoms with Crippen LogP contribution in [0.4, 0.5) is 0 Å². The highest BCUT2D eigenvalue weighted by atomic mass is 16.2. The SMILES string of the molecule is CCCCCc1ccc(C(=O)CCC(=O)N[C@@H](C)CN)cc1. The minimum Gasteiger partial charge on any atom is -0.352 e. The third kappa shape index (κ3) is 6.85. The van der Waals surface area contributed by atoms with Crippen molar-refractivity contribution in [1.29, 1.82) is 0 Å². The van der Waals surface area contributed by atoms with Crippen LogP contribution in [-0.4, -0.2) is 24.3 Å². The first-order valence-electron chi connectivity index (χ1n) is 8.18. The summed E-state index contributed by atoms with van der Waals surface area (Å²) >= 11 is 0. The molecule has 0 bridgehead atoms. The molecule has 0 saturated heterocycles. The number of unbranched alkanes of at least 4 members (excludes halogenated alkanes) is 2. The Bertz CT molecular complexity index is 468. The second-order valence-electron chi connectivity index (χ2n) is 5.78. The van der Waals surface area contributed by atoms with E-state index in [-0.39, 0.29) is 30.6 Å². The number of amides is 1. The minimum absolute atomic E-state index is 0.00987. The number of carbonyl (C=O) groups is 2. The Balaban J connectivity index is 2.40. The maximum absolute atomic E-state index is 12.1. The summed E-state index contributed by atoms with van der Waals surface area (Å²) < 4.78 is 0. The fraction of sp³-hybridized carbons (Fsp3) is 0.556. The molecular weight excluding hydrogens is 276 g/mol. The van der Waals surface area contributed by atoms with Gasteiger partial charge in [0.25, 0.3) is 0 Å². The molecule has 0 heterocycles. The molecule has 0 aliphatic carbocycles. The highest BCUT2D eigenvalue weighted by molar-refractivity contribution is 5.97. The van der Waals surface area contributed by atoms with E-state index in [4.69, 9.17) is 5.73 Å². The van der Waals surface area contributed by atoms with Crippen LogP contribution >= 0.6 is 0 Å². The lowest BCUT2D eigenvalue weighted by Gasteiger charge is -2.10. The van der Waals surface area contributed by atoms with E-state index >= 15 is 0 Å². The van der Waals surface area contributed by atoms with Gasteiger partial charge in [-0.15, -0.1) is 0 Å². The molecule has 1 rings (SSSR count). The van der Waals surface area contributed by atoms with E-state index in [2.05, 4.69) is 12.2 Å². The monoisotopic (exact) mass is 304 g/mol. The van der Waals surface area contributed by atoms with Gasteiger partial charge in [-0.1, -0.05) is 44.0 Å². The third-order valence-electron chi connectivity index (χ3n) is 3.68. The summed E-state index contributed by atoms with van der Waals surface area (Å²) in [7, 11) is 0. The number of nitrogens with two attached hydrogens (primary N) is 1. The maximum atomic E-state index is 12.1. The molecule has 1 amide bonds. The largest absolute Gasteiger partial charge is 0.352 e. The summed E-state index contributed by atoms with van der Waals surface area (Å²) in [5.74, 6) is -0.113. The van der Waals surface area contributed by atoms with Gasteiger partial charge in [0.1, 0.15) is 0 Å². The van der Waals surface area contributed by atoms with Crippen molar-refractivity contribution >= 4 is 11.7 Å². The van der Waals surface area contributed by atoms with E-state index in [1.807, 2.05) is 31.2 Å². The second-order valence-corrected chi connectivity index (χ2v) is 5.78. The van der Waals surface area contributed by atoms with Gasteiger partial charge in [0.05, 0.1) is 0 Å². The fourth-order valence-corrected chi connectivity index (χ4v) is 2.21. The van der Waals surface area contributed by atoms with E-state index in [9.17, 15) is 9.59 Å². The molecule has 0 saturated carbocycles. The Kier molecular flexibility index (Phi) is 8.44. The summed E-state index contributed by atoms with van der Waals surface area (Å²) in [5.41, 5.74) is 7.39. The van der Waals surface area contributed by atoms with Crippen molar-refractivity contribution in [1.82, 2.24) is 5.32 Å². The number of rotatable bonds is 10. The summed E-state index contributed by atoms with van der Waals surface area (Å²) in [6.07, 6.45) is 5.13. The number of hydrogen-bond acceptors (Lipinski definition) is 3. The molecule has 3 N–H and O–H groups in total. The topological polar surface area (TPSA) is 72.2 Å². The molecular formula is C18H28N2O2. The number of carbonyl (C=O) groups excluding carboxylic acids is 2. The molecule has 0 aliphatic heterocycles. The normalized spacial score (nSPS) is 12.0. The van der Waals surface area contributed by atoms with Crippen LogP contribution in [0.3, 0.4) is 0 Å².